The van der Waals surface area contributed by atoms with Crippen LogP contribution in [0, 0.1) is 0 Å². The maximum absolute atomic E-state index is 12.1. The van der Waals surface area contributed by atoms with E-state index in [0.717, 1.165) is 6.42 Å². The maximum Gasteiger partial charge on any atom is 0.261 e. The highest BCUT2D eigenvalue weighted by molar-refractivity contribution is 6.01. The average molecular weight is 307 g/mol. The molecule has 0 saturated heterocycles. The van der Waals surface area contributed by atoms with E-state index in [4.69, 9.17) is 4.74 Å². The molecule has 0 atom stereocenters. The Bertz CT molecular complexity index is 609. The molecule has 0 saturated carbocycles. The second-order valence-electron chi connectivity index (χ2n) is 5.18. The number of nitrogens with one attached hydrogen (secondary N) is 3. The number of methoxy groups -OCH3 is 1. The average Bonchev–Trinajstić information content (AvgIpc) is 2.50. The lowest BCUT2D eigenvalue weighted by Gasteiger charge is -2.15. The van der Waals surface area contributed by atoms with Crippen LogP contribution in [-0.2, 0) is 11.2 Å². The van der Waals surface area contributed by atoms with Crippen LogP contribution in [0.5, 0.6) is 0 Å². The molecule has 7 heteroatoms. The zero-order valence-corrected chi connectivity index (χ0v) is 12.7. The molecule has 0 aliphatic heterocycles. The van der Waals surface area contributed by atoms with Crippen LogP contribution in [-0.4, -0.2) is 50.0 Å². The number of fused-ring (bicyclic) bond motifs is 1. The molecule has 0 fully saturated rings. The summed E-state index contributed by atoms with van der Waals surface area (Å²) in [5.74, 6) is -0.483. The number of H-pyrrole nitrogens is 1. The standard InChI is InChI=1S/C15H21N3O4/c1-22-8-7-16-5-6-17-14(20)11-9-10-12(18-15(11)21)3-2-4-13(10)19/h9,16H,2-8H2,1H3,(H,17,20)(H,18,21). The number of carbonyl (C=O) groups excluding carboxylic acids is 2. The van der Waals surface area contributed by atoms with Gasteiger partial charge in [-0.05, 0) is 18.9 Å². The molecule has 0 unspecified atom stereocenters. The molecule has 0 aromatic carbocycles. The number of aromatic nitrogens is 1. The van der Waals surface area contributed by atoms with Gasteiger partial charge in [-0.15, -0.1) is 0 Å². The van der Waals surface area contributed by atoms with Gasteiger partial charge in [0.05, 0.1) is 6.61 Å². The van der Waals surface area contributed by atoms with Gasteiger partial charge < -0.3 is 20.4 Å². The van der Waals surface area contributed by atoms with Crippen LogP contribution in [0.2, 0.25) is 0 Å². The first-order valence-corrected chi connectivity index (χ1v) is 7.40. The highest BCUT2D eigenvalue weighted by atomic mass is 16.5. The van der Waals surface area contributed by atoms with E-state index in [-0.39, 0.29) is 11.3 Å². The number of hydrogen-bond donors (Lipinski definition) is 3. The third kappa shape index (κ3) is 4.02. The van der Waals surface area contributed by atoms with Crippen LogP contribution in [0.1, 0.15) is 39.3 Å². The lowest BCUT2D eigenvalue weighted by Crippen LogP contribution is -2.36. The number of pyridine rings is 1. The Morgan fingerprint density at radius 1 is 1.27 bits per heavy atom. The predicted octanol–water partition coefficient (Wildman–Crippen LogP) is -0.140. The number of hydrogen-bond acceptors (Lipinski definition) is 5. The Balaban J connectivity index is 1.97. The van der Waals surface area contributed by atoms with Crippen LogP contribution in [0.25, 0.3) is 0 Å². The minimum atomic E-state index is -0.462. The van der Waals surface area contributed by atoms with Crippen molar-refractivity contribution in [2.24, 2.45) is 0 Å². The highest BCUT2D eigenvalue weighted by Gasteiger charge is 2.21. The summed E-state index contributed by atoms with van der Waals surface area (Å²) in [5, 5.41) is 5.75. The zero-order chi connectivity index (χ0) is 15.9. The third-order valence-electron chi connectivity index (χ3n) is 3.57. The first kappa shape index (κ1) is 16.4. The summed E-state index contributed by atoms with van der Waals surface area (Å²) in [6.07, 6.45) is 1.87. The quantitative estimate of drug-likeness (QED) is 0.609. The van der Waals surface area contributed by atoms with Gasteiger partial charge in [-0.25, -0.2) is 0 Å². The number of ether oxygens (including phenoxy) is 1. The minimum absolute atomic E-state index is 0.00843. The summed E-state index contributed by atoms with van der Waals surface area (Å²) in [4.78, 5) is 38.5. The van der Waals surface area contributed by atoms with Crippen LogP contribution in [0.4, 0.5) is 0 Å². The van der Waals surface area contributed by atoms with Gasteiger partial charge in [-0.3, -0.25) is 14.4 Å². The topological polar surface area (TPSA) is 100 Å². The lowest BCUT2D eigenvalue weighted by atomic mass is 9.93. The van der Waals surface area contributed by atoms with Crippen LogP contribution in [0.3, 0.4) is 0 Å². The van der Waals surface area contributed by atoms with Crippen molar-refractivity contribution in [1.82, 2.24) is 15.6 Å². The zero-order valence-electron chi connectivity index (χ0n) is 12.7. The fraction of sp³-hybridized carbons (Fsp3) is 0.533. The summed E-state index contributed by atoms with van der Waals surface area (Å²) in [7, 11) is 1.62. The van der Waals surface area contributed by atoms with Gasteiger partial charge in [0.1, 0.15) is 5.56 Å². The number of aromatic amines is 1. The molecular formula is C15H21N3O4. The number of amides is 1. The number of aryl methyl sites for hydroxylation is 1. The Morgan fingerprint density at radius 3 is 2.86 bits per heavy atom. The summed E-state index contributed by atoms with van der Waals surface area (Å²) in [5.41, 5.74) is 0.650. The summed E-state index contributed by atoms with van der Waals surface area (Å²) < 4.78 is 4.89. The Labute approximate surface area is 128 Å². The molecule has 1 aromatic heterocycles. The predicted molar refractivity (Wildman–Crippen MR) is 81.4 cm³/mol. The van der Waals surface area contributed by atoms with E-state index < -0.39 is 11.5 Å². The fourth-order valence-corrected chi connectivity index (χ4v) is 2.40. The Hall–Kier alpha value is -1.99. The van der Waals surface area contributed by atoms with Crippen molar-refractivity contribution in [2.75, 3.05) is 33.4 Å². The molecular weight excluding hydrogens is 286 g/mol. The molecule has 1 aromatic rings. The van der Waals surface area contributed by atoms with Crippen molar-refractivity contribution in [3.05, 3.63) is 33.2 Å². The third-order valence-corrected chi connectivity index (χ3v) is 3.57. The van der Waals surface area contributed by atoms with Crippen molar-refractivity contribution in [3.63, 3.8) is 0 Å². The molecule has 1 aliphatic carbocycles. The van der Waals surface area contributed by atoms with Crippen LogP contribution >= 0.6 is 0 Å². The van der Waals surface area contributed by atoms with E-state index >= 15 is 0 Å². The van der Waals surface area contributed by atoms with Crippen LogP contribution in [0.15, 0.2) is 10.9 Å². The molecule has 7 nitrogen and oxygen atoms in total. The van der Waals surface area contributed by atoms with Crippen molar-refractivity contribution in [2.45, 2.75) is 19.3 Å². The SMILES string of the molecule is COCCNCCNC(=O)c1cc2c([nH]c1=O)CCCC2=O. The van der Waals surface area contributed by atoms with E-state index in [2.05, 4.69) is 15.6 Å². The second-order valence-corrected chi connectivity index (χ2v) is 5.18. The molecule has 1 aliphatic rings. The van der Waals surface area contributed by atoms with E-state index in [0.29, 0.717) is 50.3 Å². The number of ketones is 1. The first-order chi connectivity index (χ1) is 10.6. The number of carbonyl (C=O) groups is 2. The smallest absolute Gasteiger partial charge is 0.261 e. The molecule has 0 spiro atoms. The normalized spacial score (nSPS) is 13.8. The molecule has 0 radical (unpaired) electrons. The lowest BCUT2D eigenvalue weighted by molar-refractivity contribution is 0.0952. The molecule has 120 valence electrons. The molecule has 0 bridgehead atoms. The maximum atomic E-state index is 12.1. The molecule has 1 amide bonds. The summed E-state index contributed by atoms with van der Waals surface area (Å²) >= 11 is 0. The fourth-order valence-electron chi connectivity index (χ4n) is 2.40. The molecule has 22 heavy (non-hydrogen) atoms. The molecule has 1 heterocycles. The van der Waals surface area contributed by atoms with Gasteiger partial charge in [0.15, 0.2) is 5.78 Å². The van der Waals surface area contributed by atoms with Gasteiger partial charge >= 0.3 is 0 Å². The van der Waals surface area contributed by atoms with Gasteiger partial charge in [-0.2, -0.15) is 0 Å². The summed E-state index contributed by atoms with van der Waals surface area (Å²) in [6, 6.07) is 1.42. The number of rotatable bonds is 7. The van der Waals surface area contributed by atoms with Crippen molar-refractivity contribution >= 4 is 11.7 Å². The highest BCUT2D eigenvalue weighted by Crippen LogP contribution is 2.18. The van der Waals surface area contributed by atoms with E-state index in [1.54, 1.807) is 7.11 Å². The molecule has 3 N–H and O–H groups in total. The van der Waals surface area contributed by atoms with Crippen LogP contribution < -0.4 is 16.2 Å². The largest absolute Gasteiger partial charge is 0.383 e. The van der Waals surface area contributed by atoms with Gasteiger partial charge in [-0.1, -0.05) is 0 Å². The monoisotopic (exact) mass is 307 g/mol. The van der Waals surface area contributed by atoms with Crippen molar-refractivity contribution < 1.29 is 14.3 Å². The van der Waals surface area contributed by atoms with Gasteiger partial charge in [0, 0.05) is 44.4 Å². The second kappa shape index (κ2) is 7.86. The minimum Gasteiger partial charge on any atom is -0.383 e. The van der Waals surface area contributed by atoms with Gasteiger partial charge in [0.2, 0.25) is 0 Å². The Kier molecular flexibility index (Phi) is 5.85. The molecule has 2 rings (SSSR count). The van der Waals surface area contributed by atoms with E-state index in [1.807, 2.05) is 0 Å². The Morgan fingerprint density at radius 2 is 2.09 bits per heavy atom. The van der Waals surface area contributed by atoms with Crippen molar-refractivity contribution in [1.29, 1.82) is 0 Å². The van der Waals surface area contributed by atoms with Crippen molar-refractivity contribution in [3.8, 4) is 0 Å². The van der Waals surface area contributed by atoms with E-state index in [9.17, 15) is 14.4 Å². The first-order valence-electron chi connectivity index (χ1n) is 7.40. The van der Waals surface area contributed by atoms with Gasteiger partial charge in [0.25, 0.3) is 11.5 Å². The summed E-state index contributed by atoms with van der Waals surface area (Å²) in [6.45, 7) is 2.27. The number of Topliss-reactive ketones (excluding diaryl/α,β-unsaturated/α-hetero) is 1. The van der Waals surface area contributed by atoms with E-state index in [1.165, 1.54) is 6.07 Å².